The second-order valence-electron chi connectivity index (χ2n) is 3.23. The SMILES string of the molecule is O=C(O)c1[nH]cc[n+]1Cc1ccccc1. The van der Waals surface area contributed by atoms with Crippen LogP contribution in [0.25, 0.3) is 0 Å². The number of nitrogens with one attached hydrogen (secondary N) is 1. The van der Waals surface area contributed by atoms with Gasteiger partial charge >= 0.3 is 11.8 Å². The van der Waals surface area contributed by atoms with Crippen LogP contribution in [0.1, 0.15) is 16.2 Å². The molecule has 0 spiro atoms. The monoisotopic (exact) mass is 203 g/mol. The second-order valence-corrected chi connectivity index (χ2v) is 3.23. The zero-order chi connectivity index (χ0) is 10.7. The van der Waals surface area contributed by atoms with Gasteiger partial charge in [-0.2, -0.15) is 0 Å². The van der Waals surface area contributed by atoms with E-state index in [2.05, 4.69) is 4.98 Å². The van der Waals surface area contributed by atoms with E-state index < -0.39 is 5.97 Å². The van der Waals surface area contributed by atoms with E-state index in [0.29, 0.717) is 6.54 Å². The van der Waals surface area contributed by atoms with Gasteiger partial charge in [0.05, 0.1) is 0 Å². The van der Waals surface area contributed by atoms with E-state index in [-0.39, 0.29) is 5.82 Å². The van der Waals surface area contributed by atoms with Gasteiger partial charge in [-0.15, -0.1) is 0 Å². The number of aromatic carboxylic acids is 1. The van der Waals surface area contributed by atoms with Gasteiger partial charge in [0.2, 0.25) is 0 Å². The van der Waals surface area contributed by atoms with Crippen molar-refractivity contribution in [2.45, 2.75) is 6.54 Å². The maximum atomic E-state index is 10.8. The number of imidazole rings is 1. The van der Waals surface area contributed by atoms with Crippen molar-refractivity contribution in [3.63, 3.8) is 0 Å². The Bertz CT molecular complexity index is 462. The highest BCUT2D eigenvalue weighted by molar-refractivity contribution is 5.81. The molecule has 2 rings (SSSR count). The molecule has 4 nitrogen and oxygen atoms in total. The molecule has 76 valence electrons. The summed E-state index contributed by atoms with van der Waals surface area (Å²) in [6.45, 7) is 0.561. The number of aromatic amines is 1. The van der Waals surface area contributed by atoms with Crippen molar-refractivity contribution in [3.8, 4) is 0 Å². The van der Waals surface area contributed by atoms with E-state index >= 15 is 0 Å². The third kappa shape index (κ3) is 2.04. The first kappa shape index (κ1) is 9.45. The molecule has 0 bridgehead atoms. The molecule has 0 radical (unpaired) electrons. The number of carbonyl (C=O) groups is 1. The van der Waals surface area contributed by atoms with E-state index in [9.17, 15) is 4.79 Å². The molecule has 0 saturated heterocycles. The summed E-state index contributed by atoms with van der Waals surface area (Å²) in [6.07, 6.45) is 3.34. The Labute approximate surface area is 86.8 Å². The van der Waals surface area contributed by atoms with Crippen LogP contribution in [0.2, 0.25) is 0 Å². The minimum absolute atomic E-state index is 0.193. The standard InChI is InChI=1S/C11H10N2O2/c14-11(15)10-12-6-7-13(10)8-9-4-2-1-3-5-9/h1-7H,8H2,(H,14,15)/p+1. The van der Waals surface area contributed by atoms with Gasteiger partial charge in [-0.25, -0.2) is 14.3 Å². The molecule has 0 saturated carbocycles. The number of rotatable bonds is 3. The summed E-state index contributed by atoms with van der Waals surface area (Å²) in [4.78, 5) is 13.5. The lowest BCUT2D eigenvalue weighted by molar-refractivity contribution is -0.689. The smallest absolute Gasteiger partial charge is 0.419 e. The third-order valence-corrected chi connectivity index (χ3v) is 2.16. The Morgan fingerprint density at radius 2 is 2.07 bits per heavy atom. The zero-order valence-electron chi connectivity index (χ0n) is 8.05. The van der Waals surface area contributed by atoms with E-state index in [1.54, 1.807) is 17.0 Å². The number of benzene rings is 1. The van der Waals surface area contributed by atoms with Gasteiger partial charge in [-0.1, -0.05) is 30.3 Å². The van der Waals surface area contributed by atoms with E-state index in [4.69, 9.17) is 5.11 Å². The van der Waals surface area contributed by atoms with Crippen molar-refractivity contribution < 1.29 is 14.5 Å². The summed E-state index contributed by atoms with van der Waals surface area (Å²) < 4.78 is 1.66. The second kappa shape index (κ2) is 3.96. The van der Waals surface area contributed by atoms with Gasteiger partial charge in [0, 0.05) is 0 Å². The van der Waals surface area contributed by atoms with Crippen LogP contribution in [0, 0.1) is 0 Å². The van der Waals surface area contributed by atoms with Gasteiger partial charge in [-0.05, 0) is 5.56 Å². The molecule has 0 aliphatic carbocycles. The Balaban J connectivity index is 2.25. The van der Waals surface area contributed by atoms with E-state index in [0.717, 1.165) is 5.56 Å². The number of hydrogen-bond donors (Lipinski definition) is 2. The fourth-order valence-corrected chi connectivity index (χ4v) is 1.46. The predicted molar refractivity (Wildman–Crippen MR) is 53.5 cm³/mol. The third-order valence-electron chi connectivity index (χ3n) is 2.16. The molecule has 15 heavy (non-hydrogen) atoms. The number of aromatic nitrogens is 2. The Morgan fingerprint density at radius 3 is 2.73 bits per heavy atom. The predicted octanol–water partition coefficient (Wildman–Crippen LogP) is 1.05. The van der Waals surface area contributed by atoms with Crippen molar-refractivity contribution >= 4 is 5.97 Å². The molecule has 0 aliphatic rings. The molecule has 2 aromatic rings. The maximum Gasteiger partial charge on any atom is 0.419 e. The number of nitrogens with zero attached hydrogens (tertiary/aromatic N) is 1. The van der Waals surface area contributed by atoms with Crippen LogP contribution in [0.3, 0.4) is 0 Å². The molecule has 1 heterocycles. The summed E-state index contributed by atoms with van der Waals surface area (Å²) in [5.74, 6) is -0.755. The van der Waals surface area contributed by atoms with Crippen molar-refractivity contribution in [1.82, 2.24) is 4.98 Å². The lowest BCUT2D eigenvalue weighted by Crippen LogP contribution is -2.38. The highest BCUT2D eigenvalue weighted by atomic mass is 16.4. The molecule has 1 aromatic heterocycles. The highest BCUT2D eigenvalue weighted by Crippen LogP contribution is 1.98. The normalized spacial score (nSPS) is 10.1. The van der Waals surface area contributed by atoms with Crippen LogP contribution in [0.4, 0.5) is 0 Å². The molecular weight excluding hydrogens is 192 g/mol. The lowest BCUT2D eigenvalue weighted by Gasteiger charge is -1.98. The quantitative estimate of drug-likeness (QED) is 0.732. The largest absolute Gasteiger partial charge is 0.472 e. The molecule has 0 unspecified atom stereocenters. The van der Waals surface area contributed by atoms with Crippen LogP contribution in [-0.4, -0.2) is 16.1 Å². The lowest BCUT2D eigenvalue weighted by atomic mass is 10.2. The summed E-state index contributed by atoms with van der Waals surface area (Å²) in [5, 5.41) is 8.88. The first-order valence-electron chi connectivity index (χ1n) is 4.61. The van der Waals surface area contributed by atoms with Gasteiger partial charge < -0.3 is 5.11 Å². The van der Waals surface area contributed by atoms with Crippen LogP contribution in [0.5, 0.6) is 0 Å². The zero-order valence-corrected chi connectivity index (χ0v) is 8.05. The molecule has 0 fully saturated rings. The van der Waals surface area contributed by atoms with E-state index in [1.165, 1.54) is 0 Å². The first-order chi connectivity index (χ1) is 7.27. The highest BCUT2D eigenvalue weighted by Gasteiger charge is 2.18. The van der Waals surface area contributed by atoms with Crippen molar-refractivity contribution in [1.29, 1.82) is 0 Å². The molecule has 0 amide bonds. The molecule has 0 aliphatic heterocycles. The summed E-state index contributed by atoms with van der Waals surface area (Å²) in [6, 6.07) is 9.73. The minimum atomic E-state index is -0.948. The van der Waals surface area contributed by atoms with Gasteiger partial charge in [0.15, 0.2) is 0 Å². The Kier molecular flexibility index (Phi) is 2.49. The van der Waals surface area contributed by atoms with Crippen molar-refractivity contribution in [2.24, 2.45) is 0 Å². The number of carboxylic acids is 1. The average molecular weight is 203 g/mol. The fourth-order valence-electron chi connectivity index (χ4n) is 1.46. The maximum absolute atomic E-state index is 10.8. The topological polar surface area (TPSA) is 57.0 Å². The molecule has 2 N–H and O–H groups in total. The molecular formula is C11H11N2O2+. The van der Waals surface area contributed by atoms with Gasteiger partial charge in [0.1, 0.15) is 18.9 Å². The number of hydrogen-bond acceptors (Lipinski definition) is 1. The van der Waals surface area contributed by atoms with Crippen LogP contribution in [-0.2, 0) is 6.54 Å². The Morgan fingerprint density at radius 1 is 1.33 bits per heavy atom. The molecule has 0 atom stereocenters. The minimum Gasteiger partial charge on any atom is -0.472 e. The van der Waals surface area contributed by atoms with Gasteiger partial charge in [-0.3, -0.25) is 0 Å². The number of carboxylic acid groups (broad SMARTS) is 1. The summed E-state index contributed by atoms with van der Waals surface area (Å²) in [7, 11) is 0. The summed E-state index contributed by atoms with van der Waals surface area (Å²) in [5.41, 5.74) is 1.07. The molecule has 1 aromatic carbocycles. The van der Waals surface area contributed by atoms with Crippen molar-refractivity contribution in [3.05, 3.63) is 54.1 Å². The van der Waals surface area contributed by atoms with Crippen molar-refractivity contribution in [2.75, 3.05) is 0 Å². The summed E-state index contributed by atoms with van der Waals surface area (Å²) >= 11 is 0. The number of H-pyrrole nitrogens is 1. The van der Waals surface area contributed by atoms with Crippen LogP contribution >= 0.6 is 0 Å². The van der Waals surface area contributed by atoms with Gasteiger partial charge in [0.25, 0.3) is 0 Å². The average Bonchev–Trinajstić information content (AvgIpc) is 2.67. The van der Waals surface area contributed by atoms with E-state index in [1.807, 2.05) is 30.3 Å². The first-order valence-corrected chi connectivity index (χ1v) is 4.61. The Hall–Kier alpha value is -2.10. The fraction of sp³-hybridized carbons (Fsp3) is 0.0909. The van der Waals surface area contributed by atoms with Crippen LogP contribution in [0.15, 0.2) is 42.7 Å². The van der Waals surface area contributed by atoms with Crippen LogP contribution < -0.4 is 4.57 Å². The molecule has 4 heteroatoms.